The summed E-state index contributed by atoms with van der Waals surface area (Å²) in [5.41, 5.74) is 0. The van der Waals surface area contributed by atoms with E-state index in [-0.39, 0.29) is 6.29 Å². The molecule has 0 aromatic rings. The fourth-order valence-corrected chi connectivity index (χ4v) is 1.51. The van der Waals surface area contributed by atoms with Crippen LogP contribution in [-0.2, 0) is 9.47 Å². The van der Waals surface area contributed by atoms with Gasteiger partial charge >= 0.3 is 0 Å². The third-order valence-electron chi connectivity index (χ3n) is 2.59. The van der Waals surface area contributed by atoms with E-state index in [9.17, 15) is 0 Å². The molecular weight excluding hydrogens is 190 g/mol. The Balaban J connectivity index is 3.86. The van der Waals surface area contributed by atoms with Crippen molar-refractivity contribution in [3.63, 3.8) is 0 Å². The summed E-state index contributed by atoms with van der Waals surface area (Å²) in [7, 11) is 3.40. The summed E-state index contributed by atoms with van der Waals surface area (Å²) in [6, 6.07) is 0. The van der Waals surface area contributed by atoms with Crippen LogP contribution in [0.25, 0.3) is 0 Å². The molecule has 0 fully saturated rings. The van der Waals surface area contributed by atoms with E-state index in [0.29, 0.717) is 0 Å². The summed E-state index contributed by atoms with van der Waals surface area (Å²) in [5.74, 6) is 0. The van der Waals surface area contributed by atoms with Gasteiger partial charge in [-0.2, -0.15) is 0 Å². The molecule has 0 aliphatic heterocycles. The van der Waals surface area contributed by atoms with Gasteiger partial charge in [0.25, 0.3) is 0 Å². The van der Waals surface area contributed by atoms with Gasteiger partial charge in [-0.25, -0.2) is 0 Å². The van der Waals surface area contributed by atoms with E-state index in [1.54, 1.807) is 14.2 Å². The summed E-state index contributed by atoms with van der Waals surface area (Å²) >= 11 is 0. The third-order valence-corrected chi connectivity index (χ3v) is 2.59. The molecule has 0 aliphatic rings. The highest BCUT2D eigenvalue weighted by Gasteiger charge is 2.11. The molecule has 15 heavy (non-hydrogen) atoms. The molecule has 0 rings (SSSR count). The first-order valence-corrected chi connectivity index (χ1v) is 6.06. The van der Waals surface area contributed by atoms with Gasteiger partial charge in [0, 0.05) is 20.8 Å². The van der Waals surface area contributed by atoms with Crippen molar-refractivity contribution in [2.24, 2.45) is 0 Å². The molecule has 3 heteroatoms. The largest absolute Gasteiger partial charge is 0.355 e. The molecule has 0 unspecified atom stereocenters. The zero-order valence-corrected chi connectivity index (χ0v) is 10.8. The van der Waals surface area contributed by atoms with Gasteiger partial charge in [0.1, 0.15) is 0 Å². The summed E-state index contributed by atoms with van der Waals surface area (Å²) in [4.78, 5) is 2.44. The molecule has 3 nitrogen and oxygen atoms in total. The summed E-state index contributed by atoms with van der Waals surface area (Å²) in [6.07, 6.45) is 4.91. The molecule has 0 radical (unpaired) electrons. The predicted molar refractivity (Wildman–Crippen MR) is 64.1 cm³/mol. The van der Waals surface area contributed by atoms with Gasteiger partial charge in [-0.15, -0.1) is 0 Å². The van der Waals surface area contributed by atoms with E-state index in [1.807, 2.05) is 0 Å². The fourth-order valence-electron chi connectivity index (χ4n) is 1.51. The average Bonchev–Trinajstić information content (AvgIpc) is 2.28. The van der Waals surface area contributed by atoms with Crippen LogP contribution in [0.3, 0.4) is 0 Å². The molecule has 0 aromatic heterocycles. The van der Waals surface area contributed by atoms with Crippen LogP contribution < -0.4 is 0 Å². The highest BCUT2D eigenvalue weighted by Crippen LogP contribution is 2.02. The van der Waals surface area contributed by atoms with Gasteiger partial charge in [-0.05, 0) is 25.9 Å². The number of rotatable bonds is 10. The second kappa shape index (κ2) is 10.4. The maximum absolute atomic E-state index is 5.23. The number of nitrogens with zero attached hydrogens (tertiary/aromatic N) is 1. The topological polar surface area (TPSA) is 21.7 Å². The Morgan fingerprint density at radius 3 is 1.73 bits per heavy atom. The number of hydrogen-bond donors (Lipinski definition) is 0. The zero-order chi connectivity index (χ0) is 11.5. The van der Waals surface area contributed by atoms with Crippen LogP contribution in [-0.4, -0.2) is 45.0 Å². The lowest BCUT2D eigenvalue weighted by molar-refractivity contribution is -0.116. The van der Waals surface area contributed by atoms with E-state index in [1.165, 1.54) is 25.7 Å². The molecular formula is C12H27NO2. The second-order valence-electron chi connectivity index (χ2n) is 3.91. The van der Waals surface area contributed by atoms with Crippen LogP contribution in [0.2, 0.25) is 0 Å². The molecule has 0 amide bonds. The van der Waals surface area contributed by atoms with Crippen molar-refractivity contribution in [1.82, 2.24) is 4.90 Å². The van der Waals surface area contributed by atoms with Crippen molar-refractivity contribution in [3.8, 4) is 0 Å². The Morgan fingerprint density at radius 2 is 1.40 bits per heavy atom. The maximum Gasteiger partial charge on any atom is 0.169 e. The maximum atomic E-state index is 5.23. The van der Waals surface area contributed by atoms with Gasteiger partial charge < -0.3 is 9.47 Å². The lowest BCUT2D eigenvalue weighted by Gasteiger charge is -2.25. The first-order chi connectivity index (χ1) is 7.28. The number of methoxy groups -OCH3 is 2. The highest BCUT2D eigenvalue weighted by molar-refractivity contribution is 4.60. The standard InChI is InChI=1S/C12H27NO2/c1-5-7-9-13(10-8-6-2)11-12(14-3)15-4/h12H,5-11H2,1-4H3. The lowest BCUT2D eigenvalue weighted by Crippen LogP contribution is -2.35. The summed E-state index contributed by atoms with van der Waals surface area (Å²) in [5, 5.41) is 0. The Kier molecular flexibility index (Phi) is 10.3. The molecule has 0 saturated carbocycles. The average molecular weight is 217 g/mol. The molecule has 0 saturated heterocycles. The van der Waals surface area contributed by atoms with Gasteiger partial charge in [-0.1, -0.05) is 26.7 Å². The van der Waals surface area contributed by atoms with Crippen molar-refractivity contribution in [2.75, 3.05) is 33.9 Å². The van der Waals surface area contributed by atoms with E-state index < -0.39 is 0 Å². The van der Waals surface area contributed by atoms with Crippen LogP contribution in [0.4, 0.5) is 0 Å². The Bertz CT molecular complexity index is 119. The minimum Gasteiger partial charge on any atom is -0.355 e. The lowest BCUT2D eigenvalue weighted by atomic mass is 10.2. The molecule has 0 aliphatic carbocycles. The molecule has 0 N–H and O–H groups in total. The van der Waals surface area contributed by atoms with Crippen molar-refractivity contribution in [3.05, 3.63) is 0 Å². The number of hydrogen-bond acceptors (Lipinski definition) is 3. The van der Waals surface area contributed by atoms with Gasteiger partial charge in [0.2, 0.25) is 0 Å². The first kappa shape index (κ1) is 14.9. The molecule has 0 spiro atoms. The van der Waals surface area contributed by atoms with Crippen LogP contribution in [0.15, 0.2) is 0 Å². The van der Waals surface area contributed by atoms with E-state index in [0.717, 1.165) is 19.6 Å². The number of ether oxygens (including phenoxy) is 2. The van der Waals surface area contributed by atoms with Crippen LogP contribution in [0, 0.1) is 0 Å². The van der Waals surface area contributed by atoms with Crippen molar-refractivity contribution in [1.29, 1.82) is 0 Å². The first-order valence-electron chi connectivity index (χ1n) is 6.06. The zero-order valence-electron chi connectivity index (χ0n) is 10.8. The normalized spacial score (nSPS) is 11.6. The molecule has 0 aromatic carbocycles. The minimum atomic E-state index is -0.0845. The predicted octanol–water partition coefficient (Wildman–Crippen LogP) is 2.51. The third kappa shape index (κ3) is 7.77. The monoisotopic (exact) mass is 217 g/mol. The number of unbranched alkanes of at least 4 members (excludes halogenated alkanes) is 2. The van der Waals surface area contributed by atoms with Crippen molar-refractivity contribution >= 4 is 0 Å². The van der Waals surface area contributed by atoms with Gasteiger partial charge in [0.15, 0.2) is 6.29 Å². The van der Waals surface area contributed by atoms with E-state index >= 15 is 0 Å². The SMILES string of the molecule is CCCCN(CCCC)CC(OC)OC. The summed E-state index contributed by atoms with van der Waals surface area (Å²) < 4.78 is 10.5. The smallest absolute Gasteiger partial charge is 0.169 e. The molecule has 0 atom stereocenters. The van der Waals surface area contributed by atoms with E-state index in [2.05, 4.69) is 18.7 Å². The summed E-state index contributed by atoms with van der Waals surface area (Å²) in [6.45, 7) is 7.64. The Labute approximate surface area is 94.7 Å². The quantitative estimate of drug-likeness (QED) is 0.525. The van der Waals surface area contributed by atoms with Crippen LogP contribution >= 0.6 is 0 Å². The highest BCUT2D eigenvalue weighted by atomic mass is 16.7. The van der Waals surface area contributed by atoms with Crippen LogP contribution in [0.1, 0.15) is 39.5 Å². The second-order valence-corrected chi connectivity index (χ2v) is 3.91. The minimum absolute atomic E-state index is 0.0845. The molecule has 92 valence electrons. The van der Waals surface area contributed by atoms with Crippen LogP contribution in [0.5, 0.6) is 0 Å². The van der Waals surface area contributed by atoms with E-state index in [4.69, 9.17) is 9.47 Å². The van der Waals surface area contributed by atoms with Gasteiger partial charge in [0.05, 0.1) is 0 Å². The Hall–Kier alpha value is -0.120. The van der Waals surface area contributed by atoms with Crippen molar-refractivity contribution in [2.45, 2.75) is 45.8 Å². The molecule has 0 heterocycles. The fraction of sp³-hybridized carbons (Fsp3) is 1.00. The molecule has 0 bridgehead atoms. The Morgan fingerprint density at radius 1 is 0.933 bits per heavy atom. The van der Waals surface area contributed by atoms with Gasteiger partial charge in [-0.3, -0.25) is 4.90 Å². The van der Waals surface area contributed by atoms with Crippen molar-refractivity contribution < 1.29 is 9.47 Å².